The van der Waals surface area contributed by atoms with Crippen molar-refractivity contribution in [2.24, 2.45) is 10.9 Å². The molecule has 1 fully saturated rings. The van der Waals surface area contributed by atoms with Gasteiger partial charge in [-0.15, -0.1) is 24.0 Å². The van der Waals surface area contributed by atoms with Crippen LogP contribution < -0.4 is 10.6 Å². The Morgan fingerprint density at radius 2 is 1.85 bits per heavy atom. The maximum Gasteiger partial charge on any atom is 0.191 e. The number of rotatable bonds is 7. The first kappa shape index (κ1) is 23.1. The molecule has 0 saturated carbocycles. The van der Waals surface area contributed by atoms with Crippen LogP contribution in [-0.4, -0.2) is 56.3 Å². The van der Waals surface area contributed by atoms with Gasteiger partial charge < -0.3 is 15.4 Å². The first-order valence-electron chi connectivity index (χ1n) is 9.18. The van der Waals surface area contributed by atoms with Crippen molar-refractivity contribution in [2.75, 3.05) is 39.4 Å². The van der Waals surface area contributed by atoms with Crippen molar-refractivity contribution in [3.63, 3.8) is 0 Å². The lowest BCUT2D eigenvalue weighted by Crippen LogP contribution is -2.52. The summed E-state index contributed by atoms with van der Waals surface area (Å²) in [4.78, 5) is 7.11. The Morgan fingerprint density at radius 3 is 2.42 bits per heavy atom. The Labute approximate surface area is 173 Å². The summed E-state index contributed by atoms with van der Waals surface area (Å²) in [7, 11) is 0. The van der Waals surface area contributed by atoms with Gasteiger partial charge in [0.2, 0.25) is 0 Å². The smallest absolute Gasteiger partial charge is 0.191 e. The van der Waals surface area contributed by atoms with E-state index in [0.717, 1.165) is 50.9 Å². The minimum Gasteiger partial charge on any atom is -0.379 e. The Hall–Kier alpha value is -0.930. The molecule has 1 aromatic rings. The zero-order chi connectivity index (χ0) is 18.1. The van der Waals surface area contributed by atoms with Crippen LogP contribution in [0.1, 0.15) is 26.3 Å². The van der Waals surface area contributed by atoms with E-state index < -0.39 is 0 Å². The topological polar surface area (TPSA) is 48.9 Å². The molecule has 1 aliphatic rings. The lowest BCUT2D eigenvalue weighted by atomic mass is 10.0. The molecule has 1 saturated heterocycles. The molecule has 0 spiro atoms. The van der Waals surface area contributed by atoms with Crippen LogP contribution in [-0.2, 0) is 11.3 Å². The highest BCUT2D eigenvalue weighted by Gasteiger charge is 2.23. The van der Waals surface area contributed by atoms with Crippen LogP contribution in [0.4, 0.5) is 4.39 Å². The Kier molecular flexibility index (Phi) is 11.1. The van der Waals surface area contributed by atoms with E-state index in [0.29, 0.717) is 18.5 Å². The molecule has 2 N–H and O–H groups in total. The number of benzene rings is 1. The molecule has 1 aliphatic heterocycles. The van der Waals surface area contributed by atoms with E-state index >= 15 is 0 Å². The normalized spacial score (nSPS) is 16.9. The third kappa shape index (κ3) is 7.75. The summed E-state index contributed by atoms with van der Waals surface area (Å²) in [6, 6.07) is 6.93. The van der Waals surface area contributed by atoms with Gasteiger partial charge in [0.05, 0.1) is 19.8 Å². The molecule has 0 aromatic heterocycles. The number of nitrogens with one attached hydrogen (secondary N) is 2. The van der Waals surface area contributed by atoms with E-state index in [-0.39, 0.29) is 29.8 Å². The second-order valence-corrected chi connectivity index (χ2v) is 6.66. The molecule has 26 heavy (non-hydrogen) atoms. The lowest BCUT2D eigenvalue weighted by molar-refractivity contribution is 0.00752. The van der Waals surface area contributed by atoms with Crippen LogP contribution in [0.3, 0.4) is 0 Å². The molecule has 0 aliphatic carbocycles. The molecule has 0 radical (unpaired) electrons. The molecule has 1 atom stereocenters. The minimum absolute atomic E-state index is 0. The summed E-state index contributed by atoms with van der Waals surface area (Å²) in [5.41, 5.74) is 0.993. The first-order valence-corrected chi connectivity index (χ1v) is 9.18. The van der Waals surface area contributed by atoms with Crippen molar-refractivity contribution in [1.29, 1.82) is 0 Å². The van der Waals surface area contributed by atoms with Crippen LogP contribution in [0.5, 0.6) is 0 Å². The number of morpholine rings is 1. The fourth-order valence-electron chi connectivity index (χ4n) is 3.00. The summed E-state index contributed by atoms with van der Waals surface area (Å²) < 4.78 is 18.5. The quantitative estimate of drug-likeness (QED) is 0.360. The fourth-order valence-corrected chi connectivity index (χ4v) is 3.00. The van der Waals surface area contributed by atoms with Crippen LogP contribution in [0.15, 0.2) is 29.3 Å². The van der Waals surface area contributed by atoms with Crippen molar-refractivity contribution in [3.05, 3.63) is 35.6 Å². The first-order chi connectivity index (χ1) is 12.1. The van der Waals surface area contributed by atoms with Crippen molar-refractivity contribution in [1.82, 2.24) is 15.5 Å². The van der Waals surface area contributed by atoms with Crippen LogP contribution in [0.2, 0.25) is 0 Å². The molecule has 0 bridgehead atoms. The average Bonchev–Trinajstić information content (AvgIpc) is 2.61. The van der Waals surface area contributed by atoms with Gasteiger partial charge in [-0.2, -0.15) is 0 Å². The number of hydrogen-bond acceptors (Lipinski definition) is 3. The molecule has 1 unspecified atom stereocenters. The van der Waals surface area contributed by atoms with Gasteiger partial charge in [0.15, 0.2) is 5.96 Å². The largest absolute Gasteiger partial charge is 0.379 e. The van der Waals surface area contributed by atoms with Gasteiger partial charge in [0.25, 0.3) is 0 Å². The van der Waals surface area contributed by atoms with Gasteiger partial charge in [0.1, 0.15) is 5.82 Å². The number of ether oxygens (including phenoxy) is 1. The lowest BCUT2D eigenvalue weighted by Gasteiger charge is -2.37. The van der Waals surface area contributed by atoms with E-state index in [2.05, 4.69) is 41.3 Å². The molecule has 1 heterocycles. The monoisotopic (exact) mass is 478 g/mol. The van der Waals surface area contributed by atoms with Crippen LogP contribution >= 0.6 is 24.0 Å². The van der Waals surface area contributed by atoms with E-state index in [1.54, 1.807) is 12.1 Å². The SMILES string of the molecule is CCNC(=NCc1ccc(F)cc1)NCC(C(C)C)N1CCOCC1.I. The second kappa shape index (κ2) is 12.5. The summed E-state index contributed by atoms with van der Waals surface area (Å²) in [5.74, 6) is 1.12. The third-order valence-electron chi connectivity index (χ3n) is 4.44. The molecule has 5 nitrogen and oxygen atoms in total. The van der Waals surface area contributed by atoms with Gasteiger partial charge >= 0.3 is 0 Å². The van der Waals surface area contributed by atoms with E-state index in [1.165, 1.54) is 12.1 Å². The average molecular weight is 478 g/mol. The molecule has 7 heteroatoms. The summed E-state index contributed by atoms with van der Waals surface area (Å²) in [6.45, 7) is 12.3. The Bertz CT molecular complexity index is 533. The Balaban J connectivity index is 0.00000338. The predicted octanol–water partition coefficient (Wildman–Crippen LogP) is 2.86. The number of halogens is 2. The molecule has 148 valence electrons. The maximum atomic E-state index is 13.0. The van der Waals surface area contributed by atoms with E-state index in [4.69, 9.17) is 4.74 Å². The van der Waals surface area contributed by atoms with Gasteiger partial charge in [-0.25, -0.2) is 9.38 Å². The standard InChI is InChI=1S/C19H31FN4O.HI/c1-4-21-19(22-13-16-5-7-17(20)8-6-16)23-14-18(15(2)3)24-9-11-25-12-10-24;/h5-8,15,18H,4,9-14H2,1-3H3,(H2,21,22,23);1H. The highest BCUT2D eigenvalue weighted by atomic mass is 127. The summed E-state index contributed by atoms with van der Waals surface area (Å²) in [6.07, 6.45) is 0. The van der Waals surface area contributed by atoms with Gasteiger partial charge in [0, 0.05) is 32.2 Å². The predicted molar refractivity (Wildman–Crippen MR) is 116 cm³/mol. The number of aliphatic imine (C=N–C) groups is 1. The van der Waals surface area contributed by atoms with Gasteiger partial charge in [-0.1, -0.05) is 26.0 Å². The zero-order valence-electron chi connectivity index (χ0n) is 16.0. The third-order valence-corrected chi connectivity index (χ3v) is 4.44. The van der Waals surface area contributed by atoms with Crippen molar-refractivity contribution >= 4 is 29.9 Å². The Morgan fingerprint density at radius 1 is 1.19 bits per heavy atom. The van der Waals surface area contributed by atoms with Gasteiger partial charge in [-0.05, 0) is 30.5 Å². The van der Waals surface area contributed by atoms with Crippen LogP contribution in [0, 0.1) is 11.7 Å². The number of hydrogen-bond donors (Lipinski definition) is 2. The molecular weight excluding hydrogens is 446 g/mol. The van der Waals surface area contributed by atoms with E-state index in [9.17, 15) is 4.39 Å². The molecule has 1 aromatic carbocycles. The van der Waals surface area contributed by atoms with Crippen LogP contribution in [0.25, 0.3) is 0 Å². The summed E-state index contributed by atoms with van der Waals surface area (Å²) >= 11 is 0. The molecular formula is C19H32FIN4O. The van der Waals surface area contributed by atoms with Crippen molar-refractivity contribution < 1.29 is 9.13 Å². The molecule has 2 rings (SSSR count). The number of nitrogens with zero attached hydrogens (tertiary/aromatic N) is 2. The zero-order valence-corrected chi connectivity index (χ0v) is 18.3. The minimum atomic E-state index is -0.219. The highest BCUT2D eigenvalue weighted by Crippen LogP contribution is 2.12. The van der Waals surface area contributed by atoms with Crippen molar-refractivity contribution in [3.8, 4) is 0 Å². The van der Waals surface area contributed by atoms with E-state index in [1.807, 2.05) is 0 Å². The maximum absolute atomic E-state index is 13.0. The fraction of sp³-hybridized carbons (Fsp3) is 0.632. The number of guanidine groups is 1. The van der Waals surface area contributed by atoms with Crippen molar-refractivity contribution in [2.45, 2.75) is 33.4 Å². The molecule has 0 amide bonds. The second-order valence-electron chi connectivity index (χ2n) is 6.66. The summed E-state index contributed by atoms with van der Waals surface area (Å²) in [5, 5.41) is 6.75. The van der Waals surface area contributed by atoms with Gasteiger partial charge in [-0.3, -0.25) is 4.90 Å². The highest BCUT2D eigenvalue weighted by molar-refractivity contribution is 14.0.